The van der Waals surface area contributed by atoms with Gasteiger partial charge in [0.2, 0.25) is 0 Å². The SMILES string of the molecule is Nc1ccc(OCCC2CCC2)c2cnccc12. The second kappa shape index (κ2) is 4.84. The van der Waals surface area contributed by atoms with Gasteiger partial charge in [-0.2, -0.15) is 0 Å². The quantitative estimate of drug-likeness (QED) is 0.836. The molecule has 0 atom stereocenters. The fourth-order valence-corrected chi connectivity index (χ4v) is 2.43. The summed E-state index contributed by atoms with van der Waals surface area (Å²) in [6.07, 6.45) is 8.87. The van der Waals surface area contributed by atoms with Crippen LogP contribution in [0.15, 0.2) is 30.6 Å². The summed E-state index contributed by atoms with van der Waals surface area (Å²) in [5.41, 5.74) is 6.73. The van der Waals surface area contributed by atoms with Gasteiger partial charge in [0, 0.05) is 28.9 Å². The Kier molecular flexibility index (Phi) is 3.05. The molecule has 1 aliphatic rings. The summed E-state index contributed by atoms with van der Waals surface area (Å²) < 4.78 is 5.89. The monoisotopic (exact) mass is 242 g/mol. The van der Waals surface area contributed by atoms with Gasteiger partial charge in [0.25, 0.3) is 0 Å². The number of nitrogens with zero attached hydrogens (tertiary/aromatic N) is 1. The molecule has 1 fully saturated rings. The smallest absolute Gasteiger partial charge is 0.128 e. The zero-order valence-electron chi connectivity index (χ0n) is 10.4. The fourth-order valence-electron chi connectivity index (χ4n) is 2.43. The van der Waals surface area contributed by atoms with Crippen LogP contribution in [0, 0.1) is 5.92 Å². The molecule has 0 saturated heterocycles. The number of nitrogens with two attached hydrogens (primary N) is 1. The lowest BCUT2D eigenvalue weighted by Crippen LogP contribution is -2.14. The second-order valence-corrected chi connectivity index (χ2v) is 5.01. The maximum Gasteiger partial charge on any atom is 0.128 e. The molecule has 94 valence electrons. The number of aromatic nitrogens is 1. The molecule has 1 aliphatic carbocycles. The number of benzene rings is 1. The van der Waals surface area contributed by atoms with Crippen molar-refractivity contribution >= 4 is 16.5 Å². The molecule has 1 aromatic carbocycles. The highest BCUT2D eigenvalue weighted by Crippen LogP contribution is 2.31. The molecule has 3 rings (SSSR count). The van der Waals surface area contributed by atoms with Crippen molar-refractivity contribution < 1.29 is 4.74 Å². The van der Waals surface area contributed by atoms with Crippen molar-refractivity contribution in [1.29, 1.82) is 0 Å². The minimum absolute atomic E-state index is 0.777. The molecule has 0 amide bonds. The van der Waals surface area contributed by atoms with Gasteiger partial charge in [-0.3, -0.25) is 4.98 Å². The van der Waals surface area contributed by atoms with Gasteiger partial charge < -0.3 is 10.5 Å². The highest BCUT2D eigenvalue weighted by Gasteiger charge is 2.17. The first-order valence-corrected chi connectivity index (χ1v) is 6.59. The van der Waals surface area contributed by atoms with Crippen LogP contribution in [-0.4, -0.2) is 11.6 Å². The van der Waals surface area contributed by atoms with Crippen molar-refractivity contribution in [2.75, 3.05) is 12.3 Å². The largest absolute Gasteiger partial charge is 0.493 e. The Hall–Kier alpha value is -1.77. The maximum absolute atomic E-state index is 5.95. The summed E-state index contributed by atoms with van der Waals surface area (Å²) in [6.45, 7) is 0.790. The van der Waals surface area contributed by atoms with Gasteiger partial charge in [0.1, 0.15) is 5.75 Å². The van der Waals surface area contributed by atoms with Crippen molar-refractivity contribution in [1.82, 2.24) is 4.98 Å². The van der Waals surface area contributed by atoms with E-state index in [1.807, 2.05) is 24.4 Å². The van der Waals surface area contributed by atoms with Crippen LogP contribution in [0.3, 0.4) is 0 Å². The van der Waals surface area contributed by atoms with E-state index in [2.05, 4.69) is 4.98 Å². The number of anilines is 1. The molecule has 1 saturated carbocycles. The minimum atomic E-state index is 0.777. The lowest BCUT2D eigenvalue weighted by molar-refractivity contribution is 0.223. The molecule has 0 bridgehead atoms. The summed E-state index contributed by atoms with van der Waals surface area (Å²) in [6, 6.07) is 5.78. The topological polar surface area (TPSA) is 48.1 Å². The summed E-state index contributed by atoms with van der Waals surface area (Å²) in [5.74, 6) is 1.77. The molecule has 0 radical (unpaired) electrons. The third-order valence-electron chi connectivity index (χ3n) is 3.82. The van der Waals surface area contributed by atoms with Crippen molar-refractivity contribution in [2.45, 2.75) is 25.7 Å². The molecule has 0 aliphatic heterocycles. The third kappa shape index (κ3) is 2.13. The first-order chi connectivity index (χ1) is 8.84. The number of pyridine rings is 1. The highest BCUT2D eigenvalue weighted by atomic mass is 16.5. The number of nitrogen functional groups attached to an aromatic ring is 1. The van der Waals surface area contributed by atoms with Crippen molar-refractivity contribution in [3.05, 3.63) is 30.6 Å². The van der Waals surface area contributed by atoms with Crippen LogP contribution in [0.4, 0.5) is 5.69 Å². The zero-order chi connectivity index (χ0) is 12.4. The second-order valence-electron chi connectivity index (χ2n) is 5.01. The van der Waals surface area contributed by atoms with Crippen LogP contribution in [0.2, 0.25) is 0 Å². The molecule has 3 heteroatoms. The predicted molar refractivity (Wildman–Crippen MR) is 73.6 cm³/mol. The average Bonchev–Trinajstić information content (AvgIpc) is 2.35. The van der Waals surface area contributed by atoms with Gasteiger partial charge in [-0.05, 0) is 30.5 Å². The van der Waals surface area contributed by atoms with E-state index < -0.39 is 0 Å². The molecule has 3 nitrogen and oxygen atoms in total. The lowest BCUT2D eigenvalue weighted by Gasteiger charge is -2.25. The molecular weight excluding hydrogens is 224 g/mol. The van der Waals surface area contributed by atoms with E-state index in [-0.39, 0.29) is 0 Å². The van der Waals surface area contributed by atoms with Crippen LogP contribution in [0.5, 0.6) is 5.75 Å². The molecule has 0 unspecified atom stereocenters. The molecule has 2 N–H and O–H groups in total. The number of hydrogen-bond donors (Lipinski definition) is 1. The van der Waals surface area contributed by atoms with Crippen LogP contribution >= 0.6 is 0 Å². The summed E-state index contributed by atoms with van der Waals surface area (Å²) in [4.78, 5) is 4.15. The lowest BCUT2D eigenvalue weighted by atomic mass is 9.83. The standard InChI is InChI=1S/C15H18N2O/c16-14-4-5-15(13-10-17-8-6-12(13)14)18-9-7-11-2-1-3-11/h4-6,8,10-11H,1-3,7,9,16H2. The number of hydrogen-bond acceptors (Lipinski definition) is 3. The highest BCUT2D eigenvalue weighted by molar-refractivity contribution is 5.96. The Morgan fingerprint density at radius 1 is 1.22 bits per heavy atom. The van der Waals surface area contributed by atoms with Crippen molar-refractivity contribution in [2.24, 2.45) is 5.92 Å². The van der Waals surface area contributed by atoms with Crippen LogP contribution < -0.4 is 10.5 Å². The number of ether oxygens (including phenoxy) is 1. The van der Waals surface area contributed by atoms with Gasteiger partial charge >= 0.3 is 0 Å². The summed E-state index contributed by atoms with van der Waals surface area (Å²) >= 11 is 0. The molecule has 1 aromatic heterocycles. The van der Waals surface area contributed by atoms with E-state index >= 15 is 0 Å². The maximum atomic E-state index is 5.95. The van der Waals surface area contributed by atoms with Gasteiger partial charge in [-0.15, -0.1) is 0 Å². The Balaban J connectivity index is 1.76. The molecule has 1 heterocycles. The summed E-state index contributed by atoms with van der Waals surface area (Å²) in [7, 11) is 0. The van der Waals surface area contributed by atoms with Gasteiger partial charge in [0.05, 0.1) is 6.61 Å². The number of rotatable bonds is 4. The normalized spacial score (nSPS) is 15.6. The van der Waals surface area contributed by atoms with E-state index in [9.17, 15) is 0 Å². The van der Waals surface area contributed by atoms with Crippen LogP contribution in [-0.2, 0) is 0 Å². The predicted octanol–water partition coefficient (Wildman–Crippen LogP) is 3.39. The number of fused-ring (bicyclic) bond motifs is 1. The van der Waals surface area contributed by atoms with Crippen LogP contribution in [0.25, 0.3) is 10.8 Å². The fraction of sp³-hybridized carbons (Fsp3) is 0.400. The van der Waals surface area contributed by atoms with E-state index in [4.69, 9.17) is 10.5 Å². The van der Waals surface area contributed by atoms with Gasteiger partial charge in [0.15, 0.2) is 0 Å². The third-order valence-corrected chi connectivity index (χ3v) is 3.82. The average molecular weight is 242 g/mol. The van der Waals surface area contributed by atoms with Gasteiger partial charge in [-0.1, -0.05) is 19.3 Å². The summed E-state index contributed by atoms with van der Waals surface area (Å²) in [5, 5.41) is 2.03. The van der Waals surface area contributed by atoms with Gasteiger partial charge in [-0.25, -0.2) is 0 Å². The zero-order valence-corrected chi connectivity index (χ0v) is 10.4. The van der Waals surface area contributed by atoms with E-state index in [0.717, 1.165) is 41.2 Å². The first-order valence-electron chi connectivity index (χ1n) is 6.59. The van der Waals surface area contributed by atoms with E-state index in [1.54, 1.807) is 6.20 Å². The molecular formula is C15H18N2O. The Morgan fingerprint density at radius 3 is 2.89 bits per heavy atom. The van der Waals surface area contributed by atoms with Crippen molar-refractivity contribution in [3.63, 3.8) is 0 Å². The van der Waals surface area contributed by atoms with E-state index in [1.165, 1.54) is 19.3 Å². The Morgan fingerprint density at radius 2 is 2.11 bits per heavy atom. The first kappa shape index (κ1) is 11.3. The van der Waals surface area contributed by atoms with Crippen molar-refractivity contribution in [3.8, 4) is 5.75 Å². The van der Waals surface area contributed by atoms with Crippen LogP contribution in [0.1, 0.15) is 25.7 Å². The molecule has 18 heavy (non-hydrogen) atoms. The Bertz CT molecular complexity index is 549. The molecule has 2 aromatic rings. The Labute approximate surface area is 107 Å². The minimum Gasteiger partial charge on any atom is -0.493 e. The molecule has 0 spiro atoms. The van der Waals surface area contributed by atoms with E-state index in [0.29, 0.717) is 0 Å².